The Balaban J connectivity index is 1.71. The van der Waals surface area contributed by atoms with Crippen molar-refractivity contribution in [3.63, 3.8) is 0 Å². The SMILES string of the molecule is O=C(O)CC(F)(F)C(=O)N1N=C(c2c(-c3ccccc3)c3ccccc3[nH]c2=O)CC1c1ccc(Cl)cc1. The minimum atomic E-state index is -4.21. The van der Waals surface area contributed by atoms with Crippen LogP contribution in [0.2, 0.25) is 5.02 Å². The van der Waals surface area contributed by atoms with Gasteiger partial charge < -0.3 is 10.1 Å². The first-order chi connectivity index (χ1) is 18.2. The third-order valence-electron chi connectivity index (χ3n) is 6.33. The Morgan fingerprint density at radius 2 is 1.66 bits per heavy atom. The molecule has 2 heterocycles. The van der Waals surface area contributed by atoms with E-state index < -0.39 is 35.8 Å². The van der Waals surface area contributed by atoms with Crippen LogP contribution in [0.15, 0.2) is 88.8 Å². The van der Waals surface area contributed by atoms with E-state index in [9.17, 15) is 23.2 Å². The maximum Gasteiger partial charge on any atom is 0.337 e. The summed E-state index contributed by atoms with van der Waals surface area (Å²) in [5.41, 5.74) is 2.05. The number of pyridine rings is 1. The molecule has 0 spiro atoms. The number of amides is 1. The first-order valence-electron chi connectivity index (χ1n) is 11.6. The maximum absolute atomic E-state index is 14.7. The second-order valence-electron chi connectivity index (χ2n) is 8.86. The van der Waals surface area contributed by atoms with Crippen molar-refractivity contribution in [2.45, 2.75) is 24.8 Å². The van der Waals surface area contributed by atoms with Gasteiger partial charge in [0.1, 0.15) is 6.42 Å². The number of aliphatic carboxylic acids is 1. The van der Waals surface area contributed by atoms with Crippen molar-refractivity contribution in [2.75, 3.05) is 0 Å². The molecule has 0 bridgehead atoms. The number of fused-ring (bicyclic) bond motifs is 1. The summed E-state index contributed by atoms with van der Waals surface area (Å²) in [6.45, 7) is 0. The van der Waals surface area contributed by atoms with Crippen molar-refractivity contribution in [1.82, 2.24) is 9.99 Å². The van der Waals surface area contributed by atoms with Gasteiger partial charge >= 0.3 is 17.8 Å². The van der Waals surface area contributed by atoms with Crippen LogP contribution in [0.5, 0.6) is 0 Å². The quantitative estimate of drug-likeness (QED) is 0.334. The van der Waals surface area contributed by atoms with E-state index >= 15 is 0 Å². The van der Waals surface area contributed by atoms with Gasteiger partial charge in [-0.2, -0.15) is 13.9 Å². The summed E-state index contributed by atoms with van der Waals surface area (Å²) in [5.74, 6) is -7.81. The fourth-order valence-electron chi connectivity index (χ4n) is 4.65. The number of hydrazone groups is 1. The molecule has 1 unspecified atom stereocenters. The standard InChI is InChI=1S/C28H20ClF2N3O4/c29-18-12-10-16(11-13-18)22-14-21(33-34(22)27(38)28(30,31)15-23(35)36)25-24(17-6-2-1-3-7-17)19-8-4-5-9-20(19)32-26(25)37/h1-13,22H,14-15H2,(H,32,37)(H,35,36). The summed E-state index contributed by atoms with van der Waals surface area (Å²) in [4.78, 5) is 40.3. The highest BCUT2D eigenvalue weighted by atomic mass is 35.5. The number of carbonyl (C=O) groups is 2. The van der Waals surface area contributed by atoms with E-state index in [0.717, 1.165) is 0 Å². The minimum absolute atomic E-state index is 0.0578. The molecule has 0 saturated heterocycles. The zero-order valence-electron chi connectivity index (χ0n) is 19.7. The largest absolute Gasteiger partial charge is 0.481 e. The van der Waals surface area contributed by atoms with E-state index in [0.29, 0.717) is 37.6 Å². The molecule has 0 saturated carbocycles. The average Bonchev–Trinajstić information content (AvgIpc) is 3.32. The summed E-state index contributed by atoms with van der Waals surface area (Å²) in [5, 5.41) is 14.9. The lowest BCUT2D eigenvalue weighted by Crippen LogP contribution is -2.42. The Labute approximate surface area is 220 Å². The number of carboxylic acids is 1. The molecule has 1 aliphatic heterocycles. The maximum atomic E-state index is 14.7. The topological polar surface area (TPSA) is 103 Å². The van der Waals surface area contributed by atoms with E-state index in [1.807, 2.05) is 42.5 Å². The van der Waals surface area contributed by atoms with Gasteiger partial charge in [0, 0.05) is 27.9 Å². The van der Waals surface area contributed by atoms with Crippen LogP contribution in [-0.2, 0) is 9.59 Å². The molecule has 38 heavy (non-hydrogen) atoms. The zero-order chi connectivity index (χ0) is 27.0. The highest BCUT2D eigenvalue weighted by molar-refractivity contribution is 6.30. The monoisotopic (exact) mass is 535 g/mol. The first-order valence-corrected chi connectivity index (χ1v) is 12.0. The van der Waals surface area contributed by atoms with Gasteiger partial charge in [-0.15, -0.1) is 0 Å². The molecule has 4 aromatic rings. The molecule has 5 rings (SSSR count). The number of rotatable bonds is 6. The van der Waals surface area contributed by atoms with Crippen LogP contribution in [0.1, 0.15) is 30.0 Å². The van der Waals surface area contributed by atoms with Crippen molar-refractivity contribution >= 4 is 40.1 Å². The third-order valence-corrected chi connectivity index (χ3v) is 6.58. The van der Waals surface area contributed by atoms with Gasteiger partial charge in [0.15, 0.2) is 0 Å². The number of aromatic amines is 1. The highest BCUT2D eigenvalue weighted by Gasteiger charge is 2.49. The Morgan fingerprint density at radius 3 is 2.34 bits per heavy atom. The van der Waals surface area contributed by atoms with Gasteiger partial charge in [0.2, 0.25) is 0 Å². The predicted molar refractivity (Wildman–Crippen MR) is 139 cm³/mol. The summed E-state index contributed by atoms with van der Waals surface area (Å²) in [6, 6.07) is 21.5. The fourth-order valence-corrected chi connectivity index (χ4v) is 4.78. The molecule has 3 aromatic carbocycles. The van der Waals surface area contributed by atoms with Crippen LogP contribution >= 0.6 is 11.6 Å². The molecule has 0 aliphatic carbocycles. The summed E-state index contributed by atoms with van der Waals surface area (Å²) < 4.78 is 29.4. The molecule has 1 amide bonds. The number of halogens is 3. The number of aromatic nitrogens is 1. The molecular formula is C28H20ClF2N3O4. The number of nitrogens with one attached hydrogen (secondary N) is 1. The number of hydrogen-bond acceptors (Lipinski definition) is 4. The molecule has 7 nitrogen and oxygen atoms in total. The second-order valence-corrected chi connectivity index (χ2v) is 9.30. The Morgan fingerprint density at radius 1 is 1.00 bits per heavy atom. The number of carbonyl (C=O) groups excluding carboxylic acids is 1. The number of carboxylic acid groups (broad SMARTS) is 1. The van der Waals surface area contributed by atoms with Gasteiger partial charge in [-0.25, -0.2) is 5.01 Å². The molecule has 1 aliphatic rings. The normalized spacial score (nSPS) is 15.5. The Bertz CT molecular complexity index is 1640. The smallest absolute Gasteiger partial charge is 0.337 e. The number of nitrogens with zero attached hydrogens (tertiary/aromatic N) is 2. The number of para-hydroxylation sites is 1. The van der Waals surface area contributed by atoms with Crippen molar-refractivity contribution in [3.05, 3.63) is 105 Å². The zero-order valence-corrected chi connectivity index (χ0v) is 20.5. The Hall–Kier alpha value is -4.37. The number of H-pyrrole nitrogens is 1. The van der Waals surface area contributed by atoms with Gasteiger partial charge in [-0.05, 0) is 29.3 Å². The van der Waals surface area contributed by atoms with Gasteiger partial charge in [0.25, 0.3) is 5.56 Å². The second kappa shape index (κ2) is 9.83. The van der Waals surface area contributed by atoms with Crippen molar-refractivity contribution in [2.24, 2.45) is 5.10 Å². The van der Waals surface area contributed by atoms with E-state index in [2.05, 4.69) is 10.1 Å². The summed E-state index contributed by atoms with van der Waals surface area (Å²) >= 11 is 6.00. The van der Waals surface area contributed by atoms with Crippen LogP contribution in [0.4, 0.5) is 8.78 Å². The molecular weight excluding hydrogens is 516 g/mol. The molecule has 0 fully saturated rings. The lowest BCUT2D eigenvalue weighted by Gasteiger charge is -2.25. The Kier molecular flexibility index (Phi) is 6.54. The molecule has 1 aromatic heterocycles. The number of benzene rings is 3. The van der Waals surface area contributed by atoms with E-state index in [4.69, 9.17) is 16.7 Å². The molecule has 0 radical (unpaired) electrons. The van der Waals surface area contributed by atoms with Gasteiger partial charge in [-0.1, -0.05) is 72.3 Å². The fraction of sp³-hybridized carbons (Fsp3) is 0.143. The number of alkyl halides is 2. The predicted octanol–water partition coefficient (Wildman–Crippen LogP) is 5.64. The minimum Gasteiger partial charge on any atom is -0.481 e. The van der Waals surface area contributed by atoms with Gasteiger partial charge in [-0.3, -0.25) is 14.4 Å². The van der Waals surface area contributed by atoms with Crippen molar-refractivity contribution in [3.8, 4) is 11.1 Å². The molecule has 1 atom stereocenters. The third kappa shape index (κ3) is 4.68. The average molecular weight is 536 g/mol. The first kappa shape index (κ1) is 25.3. The number of hydrogen-bond donors (Lipinski definition) is 2. The molecule has 10 heteroatoms. The lowest BCUT2D eigenvalue weighted by molar-refractivity contribution is -0.167. The van der Waals surface area contributed by atoms with E-state index in [1.165, 1.54) is 0 Å². The molecule has 192 valence electrons. The van der Waals surface area contributed by atoms with Crippen LogP contribution < -0.4 is 5.56 Å². The van der Waals surface area contributed by atoms with Crippen LogP contribution in [0.3, 0.4) is 0 Å². The van der Waals surface area contributed by atoms with E-state index in [-0.39, 0.29) is 17.7 Å². The highest BCUT2D eigenvalue weighted by Crippen LogP contribution is 2.39. The lowest BCUT2D eigenvalue weighted by atomic mass is 9.91. The summed E-state index contributed by atoms with van der Waals surface area (Å²) in [7, 11) is 0. The van der Waals surface area contributed by atoms with Gasteiger partial charge in [0.05, 0.1) is 17.3 Å². The van der Waals surface area contributed by atoms with E-state index in [1.54, 1.807) is 36.4 Å². The summed E-state index contributed by atoms with van der Waals surface area (Å²) in [6.07, 6.45) is -1.75. The van der Waals surface area contributed by atoms with Crippen LogP contribution in [-0.4, -0.2) is 38.6 Å². The van der Waals surface area contributed by atoms with Crippen LogP contribution in [0, 0.1) is 0 Å². The van der Waals surface area contributed by atoms with Crippen molar-refractivity contribution < 1.29 is 23.5 Å². The van der Waals surface area contributed by atoms with Crippen LogP contribution in [0.25, 0.3) is 22.0 Å². The van der Waals surface area contributed by atoms with Crippen molar-refractivity contribution in [1.29, 1.82) is 0 Å². The molecule has 2 N–H and O–H groups in total.